The van der Waals surface area contributed by atoms with Crippen molar-refractivity contribution in [3.63, 3.8) is 0 Å². The molecule has 0 aromatic carbocycles. The minimum absolute atomic E-state index is 0.223. The van der Waals surface area contributed by atoms with Gasteiger partial charge in [-0.05, 0) is 12.3 Å². The van der Waals surface area contributed by atoms with Gasteiger partial charge in [-0.25, -0.2) is 4.79 Å². The average molecular weight is 200 g/mol. The van der Waals surface area contributed by atoms with Crippen LogP contribution >= 0.6 is 0 Å². The SMILES string of the molecule is C=CC(CCC)OC(=O)OCC(C)C. The second kappa shape index (κ2) is 7.42. The van der Waals surface area contributed by atoms with E-state index >= 15 is 0 Å². The molecular formula is C11H20O3. The summed E-state index contributed by atoms with van der Waals surface area (Å²) in [4.78, 5) is 11.1. The third kappa shape index (κ3) is 6.52. The molecule has 3 heteroatoms. The molecule has 0 N–H and O–H groups in total. The van der Waals surface area contributed by atoms with E-state index in [0.717, 1.165) is 12.8 Å². The van der Waals surface area contributed by atoms with Gasteiger partial charge in [-0.1, -0.05) is 39.8 Å². The summed E-state index contributed by atoms with van der Waals surface area (Å²) in [6.07, 6.45) is 2.55. The predicted octanol–water partition coefficient (Wildman–Crippen LogP) is 3.15. The van der Waals surface area contributed by atoms with Gasteiger partial charge in [0, 0.05) is 0 Å². The first-order valence-corrected chi connectivity index (χ1v) is 5.06. The molecule has 0 heterocycles. The summed E-state index contributed by atoms with van der Waals surface area (Å²) in [5.74, 6) is 0.330. The molecule has 0 amide bonds. The maximum atomic E-state index is 11.1. The van der Waals surface area contributed by atoms with E-state index in [2.05, 4.69) is 6.58 Å². The van der Waals surface area contributed by atoms with Crippen LogP contribution in [0.25, 0.3) is 0 Å². The lowest BCUT2D eigenvalue weighted by Crippen LogP contribution is -2.18. The van der Waals surface area contributed by atoms with Crippen molar-refractivity contribution in [3.05, 3.63) is 12.7 Å². The lowest BCUT2D eigenvalue weighted by atomic mass is 10.2. The van der Waals surface area contributed by atoms with Crippen LogP contribution in [0.4, 0.5) is 4.79 Å². The minimum atomic E-state index is -0.600. The molecule has 0 aromatic heterocycles. The summed E-state index contributed by atoms with van der Waals surface area (Å²) in [6, 6.07) is 0. The lowest BCUT2D eigenvalue weighted by Gasteiger charge is -2.13. The molecule has 0 saturated heterocycles. The van der Waals surface area contributed by atoms with Crippen molar-refractivity contribution < 1.29 is 14.3 Å². The fourth-order valence-corrected chi connectivity index (χ4v) is 0.902. The van der Waals surface area contributed by atoms with E-state index in [1.165, 1.54) is 0 Å². The van der Waals surface area contributed by atoms with Crippen molar-refractivity contribution in [3.8, 4) is 0 Å². The smallest absolute Gasteiger partial charge is 0.434 e. The van der Waals surface area contributed by atoms with Crippen LogP contribution in [0.2, 0.25) is 0 Å². The molecule has 0 aliphatic carbocycles. The van der Waals surface area contributed by atoms with E-state index in [9.17, 15) is 4.79 Å². The van der Waals surface area contributed by atoms with Gasteiger partial charge in [0.2, 0.25) is 0 Å². The number of rotatable bonds is 6. The van der Waals surface area contributed by atoms with Crippen LogP contribution in [0.5, 0.6) is 0 Å². The van der Waals surface area contributed by atoms with Crippen LogP contribution in [0.1, 0.15) is 33.6 Å². The van der Waals surface area contributed by atoms with Gasteiger partial charge in [-0.15, -0.1) is 0 Å². The molecule has 0 aliphatic rings. The minimum Gasteiger partial charge on any atom is -0.434 e. The Bertz CT molecular complexity index is 175. The molecule has 3 nitrogen and oxygen atoms in total. The molecule has 0 spiro atoms. The summed E-state index contributed by atoms with van der Waals surface area (Å²) >= 11 is 0. The zero-order valence-corrected chi connectivity index (χ0v) is 9.29. The van der Waals surface area contributed by atoms with E-state index < -0.39 is 6.16 Å². The maximum Gasteiger partial charge on any atom is 0.508 e. The van der Waals surface area contributed by atoms with Crippen LogP contribution in [-0.2, 0) is 9.47 Å². The molecule has 82 valence electrons. The Kier molecular flexibility index (Phi) is 6.89. The number of hydrogen-bond donors (Lipinski definition) is 0. The van der Waals surface area contributed by atoms with Gasteiger partial charge < -0.3 is 9.47 Å². The largest absolute Gasteiger partial charge is 0.508 e. The van der Waals surface area contributed by atoms with E-state index in [4.69, 9.17) is 9.47 Å². The first-order chi connectivity index (χ1) is 6.60. The summed E-state index contributed by atoms with van der Waals surface area (Å²) in [5.41, 5.74) is 0. The van der Waals surface area contributed by atoms with Crippen LogP contribution in [-0.4, -0.2) is 18.9 Å². The fraction of sp³-hybridized carbons (Fsp3) is 0.727. The molecule has 0 radical (unpaired) electrons. The highest BCUT2D eigenvalue weighted by Crippen LogP contribution is 2.05. The van der Waals surface area contributed by atoms with Crippen molar-refractivity contribution in [1.29, 1.82) is 0 Å². The van der Waals surface area contributed by atoms with Gasteiger partial charge in [-0.3, -0.25) is 0 Å². The molecule has 14 heavy (non-hydrogen) atoms. The number of carbonyl (C=O) groups is 1. The molecule has 0 aromatic rings. The highest BCUT2D eigenvalue weighted by atomic mass is 16.7. The zero-order valence-electron chi connectivity index (χ0n) is 9.29. The van der Waals surface area contributed by atoms with Crippen LogP contribution in [0.3, 0.4) is 0 Å². The molecule has 0 fully saturated rings. The third-order valence-corrected chi connectivity index (χ3v) is 1.62. The summed E-state index contributed by atoms with van der Waals surface area (Å²) in [6.45, 7) is 9.97. The van der Waals surface area contributed by atoms with Crippen molar-refractivity contribution >= 4 is 6.16 Å². The second-order valence-electron chi connectivity index (χ2n) is 3.64. The molecular weight excluding hydrogens is 180 g/mol. The van der Waals surface area contributed by atoms with Crippen molar-refractivity contribution in [2.75, 3.05) is 6.61 Å². The van der Waals surface area contributed by atoms with Crippen molar-refractivity contribution in [1.82, 2.24) is 0 Å². The normalized spacial score (nSPS) is 12.3. The number of ether oxygens (including phenoxy) is 2. The summed E-state index contributed by atoms with van der Waals surface area (Å²) in [7, 11) is 0. The van der Waals surface area contributed by atoms with E-state index in [1.807, 2.05) is 20.8 Å². The molecule has 0 aliphatic heterocycles. The van der Waals surface area contributed by atoms with E-state index in [0.29, 0.717) is 12.5 Å². The molecule has 1 unspecified atom stereocenters. The third-order valence-electron chi connectivity index (χ3n) is 1.62. The van der Waals surface area contributed by atoms with Crippen LogP contribution < -0.4 is 0 Å². The average Bonchev–Trinajstić information content (AvgIpc) is 2.14. The molecule has 1 atom stereocenters. The molecule has 0 saturated carbocycles. The van der Waals surface area contributed by atoms with Crippen molar-refractivity contribution in [2.45, 2.75) is 39.7 Å². The van der Waals surface area contributed by atoms with E-state index in [1.54, 1.807) is 6.08 Å². The van der Waals surface area contributed by atoms with Gasteiger partial charge in [0.25, 0.3) is 0 Å². The van der Waals surface area contributed by atoms with E-state index in [-0.39, 0.29) is 6.10 Å². The predicted molar refractivity (Wildman–Crippen MR) is 56.2 cm³/mol. The monoisotopic (exact) mass is 200 g/mol. The Morgan fingerprint density at radius 2 is 2.14 bits per heavy atom. The number of carbonyl (C=O) groups excluding carboxylic acids is 1. The lowest BCUT2D eigenvalue weighted by molar-refractivity contribution is 0.0286. The Hall–Kier alpha value is -0.990. The summed E-state index contributed by atoms with van der Waals surface area (Å²) < 4.78 is 9.88. The first-order valence-electron chi connectivity index (χ1n) is 5.06. The highest BCUT2D eigenvalue weighted by molar-refractivity contribution is 5.60. The second-order valence-corrected chi connectivity index (χ2v) is 3.64. The zero-order chi connectivity index (χ0) is 11.0. The fourth-order valence-electron chi connectivity index (χ4n) is 0.902. The van der Waals surface area contributed by atoms with Gasteiger partial charge in [0.15, 0.2) is 0 Å². The topological polar surface area (TPSA) is 35.5 Å². The molecule has 0 bridgehead atoms. The van der Waals surface area contributed by atoms with Gasteiger partial charge >= 0.3 is 6.16 Å². The Morgan fingerprint density at radius 3 is 2.57 bits per heavy atom. The summed E-state index contributed by atoms with van der Waals surface area (Å²) in [5, 5.41) is 0. The van der Waals surface area contributed by atoms with Gasteiger partial charge in [0.1, 0.15) is 6.10 Å². The van der Waals surface area contributed by atoms with Crippen molar-refractivity contribution in [2.24, 2.45) is 5.92 Å². The van der Waals surface area contributed by atoms with Gasteiger partial charge in [0.05, 0.1) is 6.61 Å². The molecule has 0 rings (SSSR count). The standard InChI is InChI=1S/C11H20O3/c1-5-7-10(6-2)14-11(12)13-8-9(3)4/h6,9-10H,2,5,7-8H2,1,3-4H3. The van der Waals surface area contributed by atoms with Crippen LogP contribution in [0.15, 0.2) is 12.7 Å². The highest BCUT2D eigenvalue weighted by Gasteiger charge is 2.11. The van der Waals surface area contributed by atoms with Gasteiger partial charge in [-0.2, -0.15) is 0 Å². The van der Waals surface area contributed by atoms with Crippen LogP contribution in [0, 0.1) is 5.92 Å². The Labute approximate surface area is 86.1 Å². The Morgan fingerprint density at radius 1 is 1.50 bits per heavy atom. The maximum absolute atomic E-state index is 11.1. The number of hydrogen-bond acceptors (Lipinski definition) is 3. The first kappa shape index (κ1) is 13.0. The quantitative estimate of drug-likeness (QED) is 0.488. The Balaban J connectivity index is 3.73.